The second-order valence-corrected chi connectivity index (χ2v) is 7.37. The molecule has 2 aromatic rings. The SMILES string of the molecule is Cn1nc(C(=O)N2CCOCC2)c2c1CN(Cc1cccs1)CC2. The number of hydrogen-bond donors (Lipinski definition) is 0. The van der Waals surface area contributed by atoms with Crippen molar-refractivity contribution in [3.8, 4) is 0 Å². The summed E-state index contributed by atoms with van der Waals surface area (Å²) in [6.45, 7) is 5.36. The Kier molecular flexibility index (Phi) is 4.39. The molecule has 0 saturated carbocycles. The van der Waals surface area contributed by atoms with Crippen molar-refractivity contribution in [3.05, 3.63) is 39.3 Å². The minimum atomic E-state index is 0.0573. The summed E-state index contributed by atoms with van der Waals surface area (Å²) in [6.07, 6.45) is 0.889. The summed E-state index contributed by atoms with van der Waals surface area (Å²) in [5, 5.41) is 6.68. The normalized spacial score (nSPS) is 18.6. The van der Waals surface area contributed by atoms with Crippen LogP contribution in [-0.4, -0.2) is 58.3 Å². The van der Waals surface area contributed by atoms with Gasteiger partial charge in [0.25, 0.3) is 5.91 Å². The fourth-order valence-corrected chi connectivity index (χ4v) is 4.22. The Hall–Kier alpha value is -1.70. The molecule has 0 spiro atoms. The first-order valence-electron chi connectivity index (χ1n) is 8.39. The van der Waals surface area contributed by atoms with E-state index in [1.54, 1.807) is 11.3 Å². The zero-order valence-electron chi connectivity index (χ0n) is 13.9. The van der Waals surface area contributed by atoms with Gasteiger partial charge in [-0.1, -0.05) is 6.07 Å². The number of nitrogens with zero attached hydrogens (tertiary/aromatic N) is 4. The van der Waals surface area contributed by atoms with Crippen LogP contribution in [-0.2, 0) is 31.3 Å². The number of thiophene rings is 1. The molecule has 24 heavy (non-hydrogen) atoms. The molecule has 4 rings (SSSR count). The molecule has 1 fully saturated rings. The first-order chi connectivity index (χ1) is 11.7. The molecule has 2 aliphatic heterocycles. The fraction of sp³-hybridized carbons (Fsp3) is 0.529. The Labute approximate surface area is 145 Å². The van der Waals surface area contributed by atoms with Crippen LogP contribution in [0.4, 0.5) is 0 Å². The third-order valence-corrected chi connectivity index (χ3v) is 5.65. The highest BCUT2D eigenvalue weighted by molar-refractivity contribution is 7.09. The highest BCUT2D eigenvalue weighted by Gasteiger charge is 2.30. The Morgan fingerprint density at radius 1 is 1.33 bits per heavy atom. The highest BCUT2D eigenvalue weighted by Crippen LogP contribution is 2.25. The third-order valence-electron chi connectivity index (χ3n) is 4.79. The van der Waals surface area contributed by atoms with Crippen molar-refractivity contribution < 1.29 is 9.53 Å². The molecule has 1 saturated heterocycles. The van der Waals surface area contributed by atoms with Crippen LogP contribution in [0.1, 0.15) is 26.6 Å². The second-order valence-electron chi connectivity index (χ2n) is 6.34. The molecule has 0 N–H and O–H groups in total. The van der Waals surface area contributed by atoms with Crippen molar-refractivity contribution in [2.24, 2.45) is 7.05 Å². The van der Waals surface area contributed by atoms with E-state index in [4.69, 9.17) is 4.74 Å². The van der Waals surface area contributed by atoms with Gasteiger partial charge in [0.15, 0.2) is 5.69 Å². The zero-order chi connectivity index (χ0) is 16.5. The number of morpholine rings is 1. The number of carbonyl (C=O) groups excluding carboxylic acids is 1. The number of hydrogen-bond acceptors (Lipinski definition) is 5. The summed E-state index contributed by atoms with van der Waals surface area (Å²) >= 11 is 1.79. The van der Waals surface area contributed by atoms with E-state index in [1.165, 1.54) is 10.6 Å². The quantitative estimate of drug-likeness (QED) is 0.845. The number of fused-ring (bicyclic) bond motifs is 1. The van der Waals surface area contributed by atoms with Crippen molar-refractivity contribution in [2.75, 3.05) is 32.8 Å². The number of amides is 1. The molecule has 0 bridgehead atoms. The highest BCUT2D eigenvalue weighted by atomic mass is 32.1. The smallest absolute Gasteiger partial charge is 0.274 e. The van der Waals surface area contributed by atoms with Crippen LogP contribution in [0.15, 0.2) is 17.5 Å². The predicted molar refractivity (Wildman–Crippen MR) is 92.1 cm³/mol. The van der Waals surface area contributed by atoms with Crippen LogP contribution >= 0.6 is 11.3 Å². The van der Waals surface area contributed by atoms with E-state index >= 15 is 0 Å². The molecule has 0 radical (unpaired) electrons. The van der Waals surface area contributed by atoms with Crippen LogP contribution in [0.3, 0.4) is 0 Å². The summed E-state index contributed by atoms with van der Waals surface area (Å²) in [7, 11) is 1.95. The molecule has 2 aromatic heterocycles. The average Bonchev–Trinajstić information content (AvgIpc) is 3.23. The first-order valence-corrected chi connectivity index (χ1v) is 9.27. The summed E-state index contributed by atoms with van der Waals surface area (Å²) in [4.78, 5) is 18.5. The van der Waals surface area contributed by atoms with Gasteiger partial charge in [0.1, 0.15) is 0 Å². The van der Waals surface area contributed by atoms with Gasteiger partial charge in [-0.3, -0.25) is 14.4 Å². The maximum Gasteiger partial charge on any atom is 0.274 e. The molecular formula is C17H22N4O2S. The van der Waals surface area contributed by atoms with E-state index in [2.05, 4.69) is 27.5 Å². The maximum atomic E-state index is 12.8. The molecule has 0 atom stereocenters. The molecular weight excluding hydrogens is 324 g/mol. The van der Waals surface area contributed by atoms with Crippen molar-refractivity contribution in [2.45, 2.75) is 19.5 Å². The summed E-state index contributed by atoms with van der Waals surface area (Å²) in [5.74, 6) is 0.0573. The Morgan fingerprint density at radius 2 is 2.17 bits per heavy atom. The number of carbonyl (C=O) groups is 1. The number of ether oxygens (including phenoxy) is 1. The van der Waals surface area contributed by atoms with E-state index < -0.39 is 0 Å². The van der Waals surface area contributed by atoms with E-state index in [0.29, 0.717) is 32.0 Å². The van der Waals surface area contributed by atoms with Crippen LogP contribution in [0.2, 0.25) is 0 Å². The third kappa shape index (κ3) is 2.99. The zero-order valence-corrected chi connectivity index (χ0v) is 14.7. The van der Waals surface area contributed by atoms with Crippen LogP contribution in [0.25, 0.3) is 0 Å². The molecule has 0 aliphatic carbocycles. The topological polar surface area (TPSA) is 50.6 Å². The Bertz CT molecular complexity index is 719. The number of aryl methyl sites for hydroxylation is 1. The molecule has 6 nitrogen and oxygen atoms in total. The van der Waals surface area contributed by atoms with E-state index in [-0.39, 0.29) is 5.91 Å². The maximum absolute atomic E-state index is 12.8. The monoisotopic (exact) mass is 346 g/mol. The lowest BCUT2D eigenvalue weighted by Gasteiger charge is -2.28. The van der Waals surface area contributed by atoms with Gasteiger partial charge in [-0.25, -0.2) is 0 Å². The molecule has 128 valence electrons. The lowest BCUT2D eigenvalue weighted by atomic mass is 10.0. The van der Waals surface area contributed by atoms with E-state index in [0.717, 1.165) is 31.6 Å². The predicted octanol–water partition coefficient (Wildman–Crippen LogP) is 1.51. The van der Waals surface area contributed by atoms with Crippen molar-refractivity contribution in [1.29, 1.82) is 0 Å². The van der Waals surface area contributed by atoms with E-state index in [9.17, 15) is 4.79 Å². The van der Waals surface area contributed by atoms with Gasteiger partial charge in [0.2, 0.25) is 0 Å². The molecule has 0 aromatic carbocycles. The Balaban J connectivity index is 1.52. The van der Waals surface area contributed by atoms with Crippen LogP contribution in [0, 0.1) is 0 Å². The van der Waals surface area contributed by atoms with Gasteiger partial charge in [-0.05, 0) is 17.9 Å². The number of rotatable bonds is 3. The molecule has 1 amide bonds. The fourth-order valence-electron chi connectivity index (χ4n) is 3.47. The lowest BCUT2D eigenvalue weighted by molar-refractivity contribution is 0.0297. The van der Waals surface area contributed by atoms with Crippen LogP contribution < -0.4 is 0 Å². The van der Waals surface area contributed by atoms with Gasteiger partial charge in [0, 0.05) is 50.2 Å². The standard InChI is InChI=1S/C17H22N4O2S/c1-19-15-12-20(11-13-3-2-10-24-13)5-4-14(15)16(18-19)17(22)21-6-8-23-9-7-21/h2-3,10H,4-9,11-12H2,1H3. The van der Waals surface area contributed by atoms with Gasteiger partial charge in [0.05, 0.1) is 18.9 Å². The summed E-state index contributed by atoms with van der Waals surface area (Å²) in [5.41, 5.74) is 2.95. The molecule has 0 unspecified atom stereocenters. The van der Waals surface area contributed by atoms with Gasteiger partial charge in [-0.15, -0.1) is 11.3 Å². The van der Waals surface area contributed by atoms with Crippen molar-refractivity contribution >= 4 is 17.2 Å². The van der Waals surface area contributed by atoms with Gasteiger partial charge < -0.3 is 9.64 Å². The first kappa shape index (κ1) is 15.8. The van der Waals surface area contributed by atoms with E-state index in [1.807, 2.05) is 16.6 Å². The van der Waals surface area contributed by atoms with Crippen molar-refractivity contribution in [1.82, 2.24) is 19.6 Å². The lowest BCUT2D eigenvalue weighted by Crippen LogP contribution is -2.41. The van der Waals surface area contributed by atoms with Crippen molar-refractivity contribution in [3.63, 3.8) is 0 Å². The summed E-state index contributed by atoms with van der Waals surface area (Å²) in [6, 6.07) is 4.27. The van der Waals surface area contributed by atoms with Crippen LogP contribution in [0.5, 0.6) is 0 Å². The molecule has 4 heterocycles. The molecule has 7 heteroatoms. The van der Waals surface area contributed by atoms with Gasteiger partial charge >= 0.3 is 0 Å². The summed E-state index contributed by atoms with van der Waals surface area (Å²) < 4.78 is 7.23. The average molecular weight is 346 g/mol. The second kappa shape index (κ2) is 6.66. The van der Waals surface area contributed by atoms with Gasteiger partial charge in [-0.2, -0.15) is 5.10 Å². The largest absolute Gasteiger partial charge is 0.378 e. The Morgan fingerprint density at radius 3 is 2.92 bits per heavy atom. The molecule has 2 aliphatic rings. The minimum absolute atomic E-state index is 0.0573. The minimum Gasteiger partial charge on any atom is -0.378 e. The number of aromatic nitrogens is 2.